The van der Waals surface area contributed by atoms with E-state index in [1.807, 2.05) is 0 Å². The number of nitrogens with zero attached hydrogens (tertiary/aromatic N) is 3. The SMILES string of the molecule is OB(O)c1cnn2cccnc12. The smallest absolute Gasteiger partial charge is 0.423 e. The summed E-state index contributed by atoms with van der Waals surface area (Å²) in [5.74, 6) is 0. The van der Waals surface area contributed by atoms with Crippen LogP contribution in [-0.2, 0) is 0 Å². The van der Waals surface area contributed by atoms with Crippen LogP contribution in [0.25, 0.3) is 5.65 Å². The van der Waals surface area contributed by atoms with Gasteiger partial charge in [-0.25, -0.2) is 9.50 Å². The van der Waals surface area contributed by atoms with Crippen LogP contribution in [0.4, 0.5) is 0 Å². The Bertz CT molecular complexity index is 400. The Morgan fingerprint density at radius 2 is 2.25 bits per heavy atom. The zero-order valence-corrected chi connectivity index (χ0v) is 6.12. The van der Waals surface area contributed by atoms with Crippen LogP contribution < -0.4 is 5.46 Å². The van der Waals surface area contributed by atoms with E-state index < -0.39 is 7.12 Å². The van der Waals surface area contributed by atoms with Crippen LogP contribution in [0.3, 0.4) is 0 Å². The summed E-state index contributed by atoms with van der Waals surface area (Å²) in [4.78, 5) is 3.94. The normalized spacial score (nSPS) is 10.5. The first kappa shape index (κ1) is 7.26. The molecule has 5 nitrogen and oxygen atoms in total. The quantitative estimate of drug-likeness (QED) is 0.497. The van der Waals surface area contributed by atoms with Crippen molar-refractivity contribution >= 4 is 18.2 Å². The lowest BCUT2D eigenvalue weighted by atomic mass is 9.82. The van der Waals surface area contributed by atoms with Gasteiger partial charge < -0.3 is 10.0 Å². The third-order valence-corrected chi connectivity index (χ3v) is 1.58. The van der Waals surface area contributed by atoms with Crippen LogP contribution >= 0.6 is 0 Å². The van der Waals surface area contributed by atoms with Gasteiger partial charge in [-0.15, -0.1) is 0 Å². The molecule has 0 aliphatic carbocycles. The van der Waals surface area contributed by atoms with Gasteiger partial charge in [0.2, 0.25) is 0 Å². The molecule has 2 aromatic heterocycles. The van der Waals surface area contributed by atoms with Crippen LogP contribution in [0.2, 0.25) is 0 Å². The van der Waals surface area contributed by atoms with Crippen LogP contribution in [0.5, 0.6) is 0 Å². The number of hydrogen-bond donors (Lipinski definition) is 2. The minimum Gasteiger partial charge on any atom is -0.423 e. The van der Waals surface area contributed by atoms with E-state index in [4.69, 9.17) is 10.0 Å². The fourth-order valence-corrected chi connectivity index (χ4v) is 1.03. The summed E-state index contributed by atoms with van der Waals surface area (Å²) in [7, 11) is -1.52. The molecular weight excluding hydrogens is 157 g/mol. The molecule has 2 N–H and O–H groups in total. The molecule has 2 rings (SSSR count). The highest BCUT2D eigenvalue weighted by Crippen LogP contribution is 1.93. The summed E-state index contributed by atoms with van der Waals surface area (Å²) >= 11 is 0. The molecule has 0 fully saturated rings. The summed E-state index contributed by atoms with van der Waals surface area (Å²) in [5.41, 5.74) is 0.781. The maximum absolute atomic E-state index is 8.87. The van der Waals surface area contributed by atoms with Crippen molar-refractivity contribution in [2.45, 2.75) is 0 Å². The van der Waals surface area contributed by atoms with Crippen molar-refractivity contribution in [1.82, 2.24) is 14.6 Å². The summed E-state index contributed by atoms with van der Waals surface area (Å²) < 4.78 is 1.48. The maximum atomic E-state index is 8.87. The molecule has 60 valence electrons. The minimum atomic E-state index is -1.52. The van der Waals surface area contributed by atoms with Gasteiger partial charge in [0.05, 0.1) is 6.20 Å². The monoisotopic (exact) mass is 163 g/mol. The van der Waals surface area contributed by atoms with E-state index in [0.717, 1.165) is 0 Å². The van der Waals surface area contributed by atoms with Crippen molar-refractivity contribution in [3.05, 3.63) is 24.7 Å². The molecule has 6 heteroatoms. The second-order valence-corrected chi connectivity index (χ2v) is 2.36. The molecule has 0 aliphatic rings. The van der Waals surface area contributed by atoms with E-state index in [9.17, 15) is 0 Å². The van der Waals surface area contributed by atoms with Gasteiger partial charge in [0.25, 0.3) is 0 Å². The van der Waals surface area contributed by atoms with Crippen molar-refractivity contribution in [1.29, 1.82) is 0 Å². The molecule has 0 unspecified atom stereocenters. The highest BCUT2D eigenvalue weighted by Gasteiger charge is 2.17. The Balaban J connectivity index is 2.70. The average molecular weight is 163 g/mol. The molecular formula is C6H6BN3O2. The van der Waals surface area contributed by atoms with E-state index in [0.29, 0.717) is 11.1 Å². The first-order valence-corrected chi connectivity index (χ1v) is 3.43. The Morgan fingerprint density at radius 3 is 3.00 bits per heavy atom. The molecule has 0 radical (unpaired) electrons. The molecule has 0 amide bonds. The fourth-order valence-electron chi connectivity index (χ4n) is 1.03. The fraction of sp³-hybridized carbons (Fsp3) is 0. The van der Waals surface area contributed by atoms with Crippen molar-refractivity contribution in [3.63, 3.8) is 0 Å². The van der Waals surface area contributed by atoms with Gasteiger partial charge in [0.1, 0.15) is 0 Å². The van der Waals surface area contributed by atoms with Crippen molar-refractivity contribution < 1.29 is 10.0 Å². The van der Waals surface area contributed by atoms with Gasteiger partial charge >= 0.3 is 7.12 Å². The molecule has 2 heterocycles. The maximum Gasteiger partial charge on any atom is 0.493 e. The highest BCUT2D eigenvalue weighted by atomic mass is 16.4. The van der Waals surface area contributed by atoms with Gasteiger partial charge in [-0.05, 0) is 6.07 Å². The molecule has 0 saturated carbocycles. The Morgan fingerprint density at radius 1 is 1.42 bits per heavy atom. The molecule has 0 aromatic carbocycles. The van der Waals surface area contributed by atoms with E-state index in [2.05, 4.69) is 10.1 Å². The summed E-state index contributed by atoms with van der Waals surface area (Å²) in [5, 5.41) is 21.6. The second-order valence-electron chi connectivity index (χ2n) is 2.36. The van der Waals surface area contributed by atoms with Gasteiger partial charge in [-0.2, -0.15) is 5.10 Å². The second kappa shape index (κ2) is 2.58. The highest BCUT2D eigenvalue weighted by molar-refractivity contribution is 6.60. The molecule has 0 atom stereocenters. The molecule has 2 aromatic rings. The van der Waals surface area contributed by atoms with Gasteiger partial charge in [-0.3, -0.25) is 0 Å². The number of hydrogen-bond acceptors (Lipinski definition) is 4. The van der Waals surface area contributed by atoms with Crippen LogP contribution in [-0.4, -0.2) is 31.8 Å². The third-order valence-electron chi connectivity index (χ3n) is 1.58. The first-order valence-electron chi connectivity index (χ1n) is 3.43. The zero-order chi connectivity index (χ0) is 8.55. The molecule has 12 heavy (non-hydrogen) atoms. The number of aromatic nitrogens is 3. The number of rotatable bonds is 1. The van der Waals surface area contributed by atoms with E-state index >= 15 is 0 Å². The molecule has 0 bridgehead atoms. The lowest BCUT2D eigenvalue weighted by molar-refractivity contribution is 0.426. The van der Waals surface area contributed by atoms with Gasteiger partial charge in [0.15, 0.2) is 5.65 Å². The van der Waals surface area contributed by atoms with Gasteiger partial charge in [-0.1, -0.05) is 0 Å². The van der Waals surface area contributed by atoms with Crippen molar-refractivity contribution in [2.24, 2.45) is 0 Å². The first-order chi connectivity index (χ1) is 5.79. The Hall–Kier alpha value is -1.40. The third kappa shape index (κ3) is 0.974. The zero-order valence-electron chi connectivity index (χ0n) is 6.12. The average Bonchev–Trinajstić information content (AvgIpc) is 2.47. The van der Waals surface area contributed by atoms with Crippen LogP contribution in [0, 0.1) is 0 Å². The van der Waals surface area contributed by atoms with E-state index in [1.54, 1.807) is 18.5 Å². The van der Waals surface area contributed by atoms with E-state index in [-0.39, 0.29) is 0 Å². The molecule has 0 spiro atoms. The predicted molar refractivity (Wildman–Crippen MR) is 42.8 cm³/mol. The summed E-state index contributed by atoms with van der Waals surface area (Å²) in [6, 6.07) is 1.72. The number of fused-ring (bicyclic) bond motifs is 1. The van der Waals surface area contributed by atoms with Crippen molar-refractivity contribution in [2.75, 3.05) is 0 Å². The lowest BCUT2D eigenvalue weighted by Crippen LogP contribution is -2.29. The predicted octanol–water partition coefficient (Wildman–Crippen LogP) is -1.59. The largest absolute Gasteiger partial charge is 0.493 e. The van der Waals surface area contributed by atoms with Crippen molar-refractivity contribution in [3.8, 4) is 0 Å². The van der Waals surface area contributed by atoms with Gasteiger partial charge in [0, 0.05) is 17.9 Å². The lowest BCUT2D eigenvalue weighted by Gasteiger charge is -1.93. The van der Waals surface area contributed by atoms with E-state index in [1.165, 1.54) is 10.7 Å². The topological polar surface area (TPSA) is 70.7 Å². The Kier molecular flexibility index (Phi) is 1.56. The minimum absolute atomic E-state index is 0.315. The van der Waals surface area contributed by atoms with Crippen LogP contribution in [0.1, 0.15) is 0 Å². The molecule has 0 saturated heterocycles. The van der Waals surface area contributed by atoms with Crippen LogP contribution in [0.15, 0.2) is 24.7 Å². The standard InChI is InChI=1S/C6H6BN3O2/c11-7(12)5-4-9-10-3-1-2-8-6(5)10/h1-4,11-12H. The summed E-state index contributed by atoms with van der Waals surface area (Å²) in [6.07, 6.45) is 4.64. The summed E-state index contributed by atoms with van der Waals surface area (Å²) in [6.45, 7) is 0. The Labute approximate surface area is 68.4 Å². The molecule has 0 aliphatic heterocycles.